The normalized spacial score (nSPS) is 60.4. The first-order valence-corrected chi connectivity index (χ1v) is 9.42. The van der Waals surface area contributed by atoms with Gasteiger partial charge in [0.1, 0.15) is 6.10 Å². The Morgan fingerprint density at radius 1 is 1.21 bits per heavy atom. The van der Waals surface area contributed by atoms with E-state index < -0.39 is 34.9 Å². The summed E-state index contributed by atoms with van der Waals surface area (Å²) < 4.78 is 34.8. The van der Waals surface area contributed by atoms with E-state index in [-0.39, 0.29) is 29.6 Å². The third-order valence-corrected chi connectivity index (χ3v) is 8.83. The molecule has 0 radical (unpaired) electrons. The van der Waals surface area contributed by atoms with Crippen LogP contribution in [0, 0.1) is 34.0 Å². The van der Waals surface area contributed by atoms with Crippen LogP contribution in [0.1, 0.15) is 58.8 Å². The third-order valence-electron chi connectivity index (χ3n) is 8.83. The van der Waals surface area contributed by atoms with Crippen molar-refractivity contribution in [2.45, 2.75) is 76.9 Å². The van der Waals surface area contributed by atoms with Gasteiger partial charge in [-0.05, 0) is 50.4 Å². The Morgan fingerprint density at radius 3 is 2.71 bits per heavy atom. The van der Waals surface area contributed by atoms with Gasteiger partial charge in [-0.15, -0.1) is 0 Å². The number of alkyl halides is 2. The lowest BCUT2D eigenvalue weighted by molar-refractivity contribution is -0.221. The molecule has 5 fully saturated rings. The second-order valence-corrected chi connectivity index (χ2v) is 9.77. The number of halogens is 2. The molecule has 2 bridgehead atoms. The number of hydrogen-bond donors (Lipinski definition) is 1. The zero-order valence-corrected chi connectivity index (χ0v) is 14.4. The zero-order valence-electron chi connectivity index (χ0n) is 14.4. The molecule has 5 heteroatoms. The zero-order chi connectivity index (χ0) is 17.1. The largest absolute Gasteiger partial charge is 0.459 e. The van der Waals surface area contributed by atoms with Crippen LogP contribution in [0.15, 0.2) is 0 Å². The van der Waals surface area contributed by atoms with E-state index in [1.54, 1.807) is 0 Å². The molecule has 0 aromatic rings. The molecule has 4 aliphatic carbocycles. The Hall–Kier alpha value is -0.710. The van der Waals surface area contributed by atoms with Crippen molar-refractivity contribution < 1.29 is 23.4 Å². The molecule has 8 atom stereocenters. The average molecular weight is 340 g/mol. The van der Waals surface area contributed by atoms with Crippen molar-refractivity contribution in [2.24, 2.45) is 34.0 Å². The number of ether oxygens (including phenoxy) is 1. The number of aliphatic hydroxyl groups excluding tert-OH is 1. The van der Waals surface area contributed by atoms with E-state index in [4.69, 9.17) is 4.74 Å². The number of hydrogen-bond acceptors (Lipinski definition) is 3. The van der Waals surface area contributed by atoms with Crippen LogP contribution in [-0.2, 0) is 9.53 Å². The highest BCUT2D eigenvalue weighted by Crippen LogP contribution is 2.75. The van der Waals surface area contributed by atoms with E-state index in [1.807, 2.05) is 6.92 Å². The molecule has 1 spiro atoms. The summed E-state index contributed by atoms with van der Waals surface area (Å²) in [5.41, 5.74) is -1.52. The van der Waals surface area contributed by atoms with Crippen LogP contribution in [0.4, 0.5) is 8.78 Å². The van der Waals surface area contributed by atoms with Gasteiger partial charge < -0.3 is 9.84 Å². The summed E-state index contributed by atoms with van der Waals surface area (Å²) in [6.45, 7) is 4.16. The SMILES string of the molecule is C[C@@]12CCC[C@@]3(C)C(=O)O[C@H](C13)[C@H](O)[C@@]13C[C@@H](CCC21)C(F)(F)C3. The number of aliphatic hydroxyl groups is 1. The fraction of sp³-hybridized carbons (Fsp3) is 0.947. The smallest absolute Gasteiger partial charge is 0.312 e. The van der Waals surface area contributed by atoms with E-state index in [0.29, 0.717) is 12.8 Å². The molecule has 3 nitrogen and oxygen atoms in total. The van der Waals surface area contributed by atoms with Crippen LogP contribution >= 0.6 is 0 Å². The summed E-state index contributed by atoms with van der Waals surface area (Å²) in [5, 5.41) is 11.2. The van der Waals surface area contributed by atoms with Crippen LogP contribution in [0.2, 0.25) is 0 Å². The lowest BCUT2D eigenvalue weighted by Gasteiger charge is -2.63. The molecule has 4 saturated carbocycles. The Bertz CT molecular complexity index is 622. The predicted octanol–water partition coefficient (Wildman–Crippen LogP) is 3.54. The van der Waals surface area contributed by atoms with E-state index in [2.05, 4.69) is 6.92 Å². The van der Waals surface area contributed by atoms with Gasteiger partial charge in [-0.1, -0.05) is 13.3 Å². The van der Waals surface area contributed by atoms with Gasteiger partial charge in [0.05, 0.1) is 11.5 Å². The van der Waals surface area contributed by atoms with Crippen molar-refractivity contribution in [3.63, 3.8) is 0 Å². The highest BCUT2D eigenvalue weighted by Gasteiger charge is 2.77. The number of carbonyl (C=O) groups excluding carboxylic acids is 1. The Kier molecular flexibility index (Phi) is 2.69. The van der Waals surface area contributed by atoms with Crippen molar-refractivity contribution in [1.29, 1.82) is 0 Å². The number of rotatable bonds is 0. The van der Waals surface area contributed by atoms with E-state index in [1.165, 1.54) is 0 Å². The summed E-state index contributed by atoms with van der Waals surface area (Å²) in [6.07, 6.45) is 2.59. The first-order chi connectivity index (χ1) is 11.2. The average Bonchev–Trinajstić information content (AvgIpc) is 2.88. The third kappa shape index (κ3) is 1.47. The maximum Gasteiger partial charge on any atom is 0.312 e. The number of carbonyl (C=O) groups is 1. The van der Waals surface area contributed by atoms with Crippen molar-refractivity contribution in [2.75, 3.05) is 0 Å². The molecule has 0 aromatic heterocycles. The molecular formula is C19H26F2O3. The summed E-state index contributed by atoms with van der Waals surface area (Å²) in [7, 11) is 0. The molecule has 1 saturated heterocycles. The first kappa shape index (κ1) is 15.5. The van der Waals surface area contributed by atoms with Crippen LogP contribution in [-0.4, -0.2) is 29.2 Å². The van der Waals surface area contributed by atoms with E-state index >= 15 is 0 Å². The Labute approximate surface area is 141 Å². The van der Waals surface area contributed by atoms with Gasteiger partial charge in [0.15, 0.2) is 0 Å². The van der Waals surface area contributed by atoms with Gasteiger partial charge in [-0.3, -0.25) is 4.79 Å². The van der Waals surface area contributed by atoms with Crippen molar-refractivity contribution in [1.82, 2.24) is 0 Å². The molecule has 0 aromatic carbocycles. The molecule has 134 valence electrons. The second-order valence-electron chi connectivity index (χ2n) is 9.77. The minimum Gasteiger partial charge on any atom is -0.459 e. The molecule has 5 rings (SSSR count). The highest BCUT2D eigenvalue weighted by atomic mass is 19.3. The minimum atomic E-state index is -2.69. The molecule has 2 unspecified atom stereocenters. The van der Waals surface area contributed by atoms with E-state index in [0.717, 1.165) is 25.7 Å². The van der Waals surface area contributed by atoms with Crippen LogP contribution in [0.3, 0.4) is 0 Å². The molecule has 5 aliphatic rings. The molecule has 24 heavy (non-hydrogen) atoms. The molecule has 1 N–H and O–H groups in total. The molecule has 0 amide bonds. The maximum absolute atomic E-state index is 14.6. The van der Waals surface area contributed by atoms with Crippen LogP contribution in [0.5, 0.6) is 0 Å². The van der Waals surface area contributed by atoms with Gasteiger partial charge in [0.25, 0.3) is 5.92 Å². The molecule has 1 heterocycles. The van der Waals surface area contributed by atoms with Crippen molar-refractivity contribution in [3.05, 3.63) is 0 Å². The van der Waals surface area contributed by atoms with Crippen molar-refractivity contribution in [3.8, 4) is 0 Å². The van der Waals surface area contributed by atoms with E-state index in [9.17, 15) is 18.7 Å². The molecule has 1 aliphatic heterocycles. The predicted molar refractivity (Wildman–Crippen MR) is 82.3 cm³/mol. The van der Waals surface area contributed by atoms with Gasteiger partial charge in [-0.25, -0.2) is 8.78 Å². The lowest BCUT2D eigenvalue weighted by atomic mass is 9.40. The Morgan fingerprint density at radius 2 is 1.96 bits per heavy atom. The Balaban J connectivity index is 1.68. The highest BCUT2D eigenvalue weighted by molar-refractivity contribution is 5.80. The van der Waals surface area contributed by atoms with Gasteiger partial charge in [0.2, 0.25) is 0 Å². The lowest BCUT2D eigenvalue weighted by Crippen LogP contribution is -2.65. The van der Waals surface area contributed by atoms with Gasteiger partial charge in [0, 0.05) is 23.7 Å². The van der Waals surface area contributed by atoms with Crippen LogP contribution in [0.25, 0.3) is 0 Å². The maximum atomic E-state index is 14.6. The second kappa shape index (κ2) is 4.16. The fourth-order valence-corrected chi connectivity index (χ4v) is 8.05. The summed E-state index contributed by atoms with van der Waals surface area (Å²) >= 11 is 0. The summed E-state index contributed by atoms with van der Waals surface area (Å²) in [6, 6.07) is 0. The molecular weight excluding hydrogens is 314 g/mol. The van der Waals surface area contributed by atoms with Gasteiger partial charge in [-0.2, -0.15) is 0 Å². The quantitative estimate of drug-likeness (QED) is 0.686. The number of esters is 1. The topological polar surface area (TPSA) is 46.5 Å². The van der Waals surface area contributed by atoms with Crippen LogP contribution < -0.4 is 0 Å². The van der Waals surface area contributed by atoms with Crippen molar-refractivity contribution >= 4 is 5.97 Å². The fourth-order valence-electron chi connectivity index (χ4n) is 8.05. The summed E-state index contributed by atoms with van der Waals surface area (Å²) in [4.78, 5) is 12.6. The standard InChI is InChI=1S/C19H26F2O3/c1-16-6-3-7-17(2)13(16)12(24-15(17)23)14(22)18-8-10(4-5-11(16)18)19(20,21)9-18/h10-14,22H,3-9H2,1-2H3/t10-,11?,12-,13?,14+,16+,17-,18-/m1/s1. The summed E-state index contributed by atoms with van der Waals surface area (Å²) in [5.74, 6) is -3.50. The van der Waals surface area contributed by atoms with Gasteiger partial charge >= 0.3 is 5.97 Å². The number of fused-ring (bicyclic) bond motifs is 2. The first-order valence-electron chi connectivity index (χ1n) is 9.42. The monoisotopic (exact) mass is 340 g/mol. The minimum absolute atomic E-state index is 0.0392.